The third kappa shape index (κ3) is 5.38. The Morgan fingerprint density at radius 3 is 2.32 bits per heavy atom. The van der Waals surface area contributed by atoms with E-state index in [4.69, 9.17) is 5.14 Å². The van der Waals surface area contributed by atoms with Crippen LogP contribution in [0.1, 0.15) is 51.0 Å². The first-order valence-electron chi connectivity index (χ1n) is 8.34. The van der Waals surface area contributed by atoms with E-state index in [-0.39, 0.29) is 4.90 Å². The lowest BCUT2D eigenvalue weighted by Crippen LogP contribution is -2.34. The average molecular weight is 324 g/mol. The van der Waals surface area contributed by atoms with E-state index in [2.05, 4.69) is 12.2 Å². The number of benzene rings is 1. The van der Waals surface area contributed by atoms with E-state index in [9.17, 15) is 8.42 Å². The molecule has 0 atom stereocenters. The zero-order valence-electron chi connectivity index (χ0n) is 13.4. The molecule has 0 spiro atoms. The molecule has 0 heterocycles. The van der Waals surface area contributed by atoms with E-state index in [1.165, 1.54) is 38.5 Å². The Hall–Kier alpha value is -0.910. The van der Waals surface area contributed by atoms with Gasteiger partial charge in [-0.3, -0.25) is 0 Å². The maximum Gasteiger partial charge on any atom is 0.238 e. The van der Waals surface area contributed by atoms with E-state index >= 15 is 0 Å². The third-order valence-electron chi connectivity index (χ3n) is 4.64. The van der Waals surface area contributed by atoms with Gasteiger partial charge >= 0.3 is 0 Å². The summed E-state index contributed by atoms with van der Waals surface area (Å²) in [5.41, 5.74) is 1.14. The standard InChI is InChI=1S/C17H28N2O2S/c1-2-3-14-4-8-16(9-5-14)19-13-12-15-6-10-17(11-7-15)22(18,20)21/h6-7,10-11,14,16,19H,2-5,8-9,12-13H2,1H3,(H2,18,20,21). The van der Waals surface area contributed by atoms with Crippen molar-refractivity contribution in [1.82, 2.24) is 5.32 Å². The molecule has 0 bridgehead atoms. The summed E-state index contributed by atoms with van der Waals surface area (Å²) in [4.78, 5) is 0.179. The topological polar surface area (TPSA) is 72.2 Å². The fourth-order valence-corrected chi connectivity index (χ4v) is 3.85. The Morgan fingerprint density at radius 2 is 1.77 bits per heavy atom. The van der Waals surface area contributed by atoms with Crippen molar-refractivity contribution in [3.63, 3.8) is 0 Å². The van der Waals surface area contributed by atoms with Gasteiger partial charge in [-0.1, -0.05) is 31.9 Å². The maximum atomic E-state index is 11.2. The fourth-order valence-electron chi connectivity index (χ4n) is 3.33. The molecule has 4 nitrogen and oxygen atoms in total. The summed E-state index contributed by atoms with van der Waals surface area (Å²) < 4.78 is 22.4. The molecule has 0 aromatic heterocycles. The molecule has 0 unspecified atom stereocenters. The van der Waals surface area contributed by atoms with E-state index < -0.39 is 10.0 Å². The van der Waals surface area contributed by atoms with Crippen LogP contribution in [0.25, 0.3) is 0 Å². The number of primary sulfonamides is 1. The van der Waals surface area contributed by atoms with Gasteiger partial charge in [-0.25, -0.2) is 13.6 Å². The van der Waals surface area contributed by atoms with Crippen LogP contribution in [-0.4, -0.2) is 21.0 Å². The van der Waals surface area contributed by atoms with Gasteiger partial charge < -0.3 is 5.32 Å². The van der Waals surface area contributed by atoms with Crippen molar-refractivity contribution in [2.24, 2.45) is 11.1 Å². The molecule has 2 rings (SSSR count). The summed E-state index contributed by atoms with van der Waals surface area (Å²) in [5.74, 6) is 0.939. The molecule has 1 aliphatic rings. The number of nitrogens with two attached hydrogens (primary N) is 1. The van der Waals surface area contributed by atoms with Gasteiger partial charge in [-0.05, 0) is 62.3 Å². The van der Waals surface area contributed by atoms with Gasteiger partial charge in [0.2, 0.25) is 10.0 Å². The first kappa shape index (κ1) is 17.4. The highest BCUT2D eigenvalue weighted by Crippen LogP contribution is 2.27. The number of sulfonamides is 1. The van der Waals surface area contributed by atoms with Crippen LogP contribution < -0.4 is 10.5 Å². The Labute approximate surface area is 134 Å². The smallest absolute Gasteiger partial charge is 0.238 e. The second kappa shape index (κ2) is 8.09. The Bertz CT molecular complexity index is 547. The maximum absolute atomic E-state index is 11.2. The molecule has 1 fully saturated rings. The monoisotopic (exact) mass is 324 g/mol. The summed E-state index contributed by atoms with van der Waals surface area (Å²) in [6.45, 7) is 3.21. The number of nitrogens with one attached hydrogen (secondary N) is 1. The van der Waals surface area contributed by atoms with Crippen LogP contribution in [0.3, 0.4) is 0 Å². The molecule has 0 aliphatic heterocycles. The van der Waals surface area contributed by atoms with E-state index in [1.807, 2.05) is 12.1 Å². The zero-order valence-corrected chi connectivity index (χ0v) is 14.2. The molecule has 0 amide bonds. The van der Waals surface area contributed by atoms with Crippen LogP contribution in [-0.2, 0) is 16.4 Å². The molecule has 0 radical (unpaired) electrons. The van der Waals surface area contributed by atoms with Gasteiger partial charge in [0.05, 0.1) is 4.90 Å². The molecular formula is C17H28N2O2S. The number of hydrogen-bond acceptors (Lipinski definition) is 3. The van der Waals surface area contributed by atoms with Crippen molar-refractivity contribution in [2.75, 3.05) is 6.54 Å². The third-order valence-corrected chi connectivity index (χ3v) is 5.57. The molecular weight excluding hydrogens is 296 g/mol. The average Bonchev–Trinajstić information content (AvgIpc) is 2.49. The van der Waals surface area contributed by atoms with Gasteiger partial charge in [-0.15, -0.1) is 0 Å². The number of rotatable bonds is 7. The quantitative estimate of drug-likeness (QED) is 0.810. The van der Waals surface area contributed by atoms with Crippen molar-refractivity contribution in [2.45, 2.75) is 62.8 Å². The van der Waals surface area contributed by atoms with Gasteiger partial charge in [0.25, 0.3) is 0 Å². The van der Waals surface area contributed by atoms with E-state index in [1.54, 1.807) is 12.1 Å². The summed E-state index contributed by atoms with van der Waals surface area (Å²) in [7, 11) is -3.58. The largest absolute Gasteiger partial charge is 0.314 e. The molecule has 1 aliphatic carbocycles. The Kier molecular flexibility index (Phi) is 6.41. The Balaban J connectivity index is 1.71. The molecule has 1 aromatic rings. The van der Waals surface area contributed by atoms with Crippen LogP contribution in [0.5, 0.6) is 0 Å². The highest BCUT2D eigenvalue weighted by Gasteiger charge is 2.19. The lowest BCUT2D eigenvalue weighted by molar-refractivity contribution is 0.279. The Morgan fingerprint density at radius 1 is 1.14 bits per heavy atom. The molecule has 5 heteroatoms. The van der Waals surface area contributed by atoms with Gasteiger partial charge in [0.15, 0.2) is 0 Å². The minimum absolute atomic E-state index is 0.179. The SMILES string of the molecule is CCCC1CCC(NCCc2ccc(S(N)(=O)=O)cc2)CC1. The van der Waals surface area contributed by atoms with E-state index in [0.29, 0.717) is 6.04 Å². The molecule has 124 valence electrons. The van der Waals surface area contributed by atoms with Crippen LogP contribution >= 0.6 is 0 Å². The lowest BCUT2D eigenvalue weighted by atomic mass is 9.83. The predicted octanol–water partition coefficient (Wildman–Crippen LogP) is 2.83. The second-order valence-corrected chi connectivity index (χ2v) is 7.96. The highest BCUT2D eigenvalue weighted by molar-refractivity contribution is 7.89. The normalized spacial score (nSPS) is 22.6. The van der Waals surface area contributed by atoms with Crippen LogP contribution in [0, 0.1) is 5.92 Å². The van der Waals surface area contributed by atoms with E-state index in [0.717, 1.165) is 24.4 Å². The van der Waals surface area contributed by atoms with Crippen molar-refractivity contribution in [3.05, 3.63) is 29.8 Å². The minimum Gasteiger partial charge on any atom is -0.314 e. The summed E-state index contributed by atoms with van der Waals surface area (Å²) >= 11 is 0. The highest BCUT2D eigenvalue weighted by atomic mass is 32.2. The lowest BCUT2D eigenvalue weighted by Gasteiger charge is -2.29. The molecule has 3 N–H and O–H groups in total. The van der Waals surface area contributed by atoms with Crippen LogP contribution in [0.15, 0.2) is 29.2 Å². The molecule has 0 saturated heterocycles. The van der Waals surface area contributed by atoms with Gasteiger partial charge in [-0.2, -0.15) is 0 Å². The first-order valence-corrected chi connectivity index (χ1v) is 9.88. The molecule has 1 aromatic carbocycles. The van der Waals surface area contributed by atoms with Gasteiger partial charge in [0.1, 0.15) is 0 Å². The van der Waals surface area contributed by atoms with Crippen molar-refractivity contribution >= 4 is 10.0 Å². The zero-order chi connectivity index (χ0) is 16.0. The predicted molar refractivity (Wildman–Crippen MR) is 90.2 cm³/mol. The van der Waals surface area contributed by atoms with Crippen molar-refractivity contribution in [1.29, 1.82) is 0 Å². The second-order valence-electron chi connectivity index (χ2n) is 6.40. The van der Waals surface area contributed by atoms with Crippen LogP contribution in [0.4, 0.5) is 0 Å². The summed E-state index contributed by atoms with van der Waals surface area (Å²) in [6.07, 6.45) is 8.88. The van der Waals surface area contributed by atoms with Gasteiger partial charge in [0, 0.05) is 6.04 Å². The van der Waals surface area contributed by atoms with Crippen LogP contribution in [0.2, 0.25) is 0 Å². The summed E-state index contributed by atoms with van der Waals surface area (Å²) in [6, 6.07) is 7.51. The minimum atomic E-state index is -3.58. The fraction of sp³-hybridized carbons (Fsp3) is 0.647. The molecule has 22 heavy (non-hydrogen) atoms. The molecule has 1 saturated carbocycles. The number of hydrogen-bond donors (Lipinski definition) is 2. The first-order chi connectivity index (χ1) is 10.5. The van der Waals surface area contributed by atoms with Crippen molar-refractivity contribution in [3.8, 4) is 0 Å². The summed E-state index contributed by atoms with van der Waals surface area (Å²) in [5, 5.41) is 8.73. The van der Waals surface area contributed by atoms with Crippen molar-refractivity contribution < 1.29 is 8.42 Å².